The van der Waals surface area contributed by atoms with E-state index in [9.17, 15) is 4.79 Å². The predicted octanol–water partition coefficient (Wildman–Crippen LogP) is 3.18. The van der Waals surface area contributed by atoms with Gasteiger partial charge in [0.05, 0.1) is 11.6 Å². The number of pyridine rings is 1. The first-order valence-corrected chi connectivity index (χ1v) is 6.77. The van der Waals surface area contributed by atoms with E-state index in [2.05, 4.69) is 17.2 Å². The van der Waals surface area contributed by atoms with Crippen LogP contribution in [0.25, 0.3) is 0 Å². The highest BCUT2D eigenvalue weighted by atomic mass is 35.5. The fourth-order valence-electron chi connectivity index (χ4n) is 1.91. The van der Waals surface area contributed by atoms with Gasteiger partial charge in [0, 0.05) is 24.7 Å². The number of hydrogen-bond acceptors (Lipinski definition) is 2. The summed E-state index contributed by atoms with van der Waals surface area (Å²) in [5, 5.41) is 2.93. The van der Waals surface area contributed by atoms with Gasteiger partial charge in [0.25, 0.3) is 5.91 Å². The molecular weight excluding hydrogens is 272 g/mol. The summed E-state index contributed by atoms with van der Waals surface area (Å²) in [6, 6.07) is 10.8. The van der Waals surface area contributed by atoms with E-state index in [1.165, 1.54) is 6.20 Å². The summed E-state index contributed by atoms with van der Waals surface area (Å²) in [7, 11) is 0. The third-order valence-electron chi connectivity index (χ3n) is 2.93. The molecule has 0 saturated heterocycles. The molecule has 1 N–H and O–H groups in total. The highest BCUT2D eigenvalue weighted by molar-refractivity contribution is 6.18. The number of amides is 1. The minimum Gasteiger partial charge on any atom is -0.345 e. The van der Waals surface area contributed by atoms with Crippen LogP contribution in [-0.2, 0) is 0 Å². The second-order valence-electron chi connectivity index (χ2n) is 4.28. The Labute approximate surface area is 124 Å². The zero-order chi connectivity index (χ0) is 14.4. The molecule has 0 spiro atoms. The molecule has 0 aliphatic rings. The van der Waals surface area contributed by atoms with Crippen LogP contribution in [0.4, 0.5) is 0 Å². The van der Waals surface area contributed by atoms with Crippen molar-refractivity contribution in [2.45, 2.75) is 6.04 Å². The third-order valence-corrected chi connectivity index (χ3v) is 3.10. The van der Waals surface area contributed by atoms with E-state index >= 15 is 0 Å². The normalized spacial score (nSPS) is 11.9. The number of benzene rings is 1. The predicted molar refractivity (Wildman–Crippen MR) is 80.4 cm³/mol. The number of carbonyl (C=O) groups excluding carboxylic acids is 1. The molecule has 0 saturated carbocycles. The first-order valence-electron chi connectivity index (χ1n) is 6.23. The molecule has 20 heavy (non-hydrogen) atoms. The lowest BCUT2D eigenvalue weighted by Crippen LogP contribution is -2.29. The molecule has 2 radical (unpaired) electrons. The molecule has 1 unspecified atom stereocenters. The van der Waals surface area contributed by atoms with E-state index in [0.29, 0.717) is 11.4 Å². The zero-order valence-electron chi connectivity index (χ0n) is 10.9. The molecule has 2 aromatic rings. The monoisotopic (exact) mass is 286 g/mol. The SMILES string of the molecule is [CH2]c1ccccc1C([CH]CCl)NC(=O)c1cccnc1. The van der Waals surface area contributed by atoms with E-state index in [4.69, 9.17) is 11.6 Å². The second-order valence-corrected chi connectivity index (χ2v) is 4.59. The molecule has 4 heteroatoms. The topological polar surface area (TPSA) is 42.0 Å². The summed E-state index contributed by atoms with van der Waals surface area (Å²) in [5.74, 6) is 0.152. The molecule has 1 heterocycles. The standard InChI is InChI=1S/C16H15ClN2O/c1-12-5-2-3-7-14(12)15(8-9-17)19-16(20)13-6-4-10-18-11-13/h2-8,10-11,15H,1,9H2,(H,19,20). The van der Waals surface area contributed by atoms with Gasteiger partial charge in [0.2, 0.25) is 0 Å². The Morgan fingerprint density at radius 1 is 1.35 bits per heavy atom. The van der Waals surface area contributed by atoms with Gasteiger partial charge in [-0.2, -0.15) is 0 Å². The summed E-state index contributed by atoms with van der Waals surface area (Å²) < 4.78 is 0. The molecule has 0 bridgehead atoms. The number of nitrogens with zero attached hydrogens (tertiary/aromatic N) is 1. The highest BCUT2D eigenvalue weighted by Gasteiger charge is 2.17. The smallest absolute Gasteiger partial charge is 0.253 e. The average Bonchev–Trinajstić information content (AvgIpc) is 2.48. The Morgan fingerprint density at radius 3 is 2.80 bits per heavy atom. The van der Waals surface area contributed by atoms with E-state index in [1.54, 1.807) is 18.3 Å². The fraction of sp³-hybridized carbons (Fsp3) is 0.125. The van der Waals surface area contributed by atoms with E-state index < -0.39 is 0 Å². The molecule has 0 fully saturated rings. The number of carbonyl (C=O) groups is 1. The van der Waals surface area contributed by atoms with Gasteiger partial charge in [0.1, 0.15) is 0 Å². The van der Waals surface area contributed by atoms with Gasteiger partial charge in [0.15, 0.2) is 0 Å². The summed E-state index contributed by atoms with van der Waals surface area (Å²) >= 11 is 5.79. The summed E-state index contributed by atoms with van der Waals surface area (Å²) in [6.45, 7) is 3.98. The van der Waals surface area contributed by atoms with Gasteiger partial charge in [-0.3, -0.25) is 9.78 Å². The van der Waals surface area contributed by atoms with Crippen molar-refractivity contribution < 1.29 is 4.79 Å². The maximum atomic E-state index is 12.2. The minimum absolute atomic E-state index is 0.187. The maximum absolute atomic E-state index is 12.2. The Balaban J connectivity index is 2.18. The van der Waals surface area contributed by atoms with Crippen molar-refractivity contribution in [3.05, 3.63) is 78.8 Å². The molecule has 0 aliphatic carbocycles. The number of nitrogens with one attached hydrogen (secondary N) is 1. The van der Waals surface area contributed by atoms with Crippen LogP contribution in [0.2, 0.25) is 0 Å². The summed E-state index contributed by atoms with van der Waals surface area (Å²) in [4.78, 5) is 16.1. The molecule has 1 atom stereocenters. The number of hydrogen-bond donors (Lipinski definition) is 1. The van der Waals surface area contributed by atoms with Crippen LogP contribution in [-0.4, -0.2) is 16.8 Å². The van der Waals surface area contributed by atoms with Crippen molar-refractivity contribution in [2.75, 3.05) is 5.88 Å². The molecule has 1 aromatic heterocycles. The van der Waals surface area contributed by atoms with Gasteiger partial charge < -0.3 is 5.32 Å². The quantitative estimate of drug-likeness (QED) is 0.858. The first kappa shape index (κ1) is 14.5. The lowest BCUT2D eigenvalue weighted by atomic mass is 9.99. The van der Waals surface area contributed by atoms with Gasteiger partial charge in [-0.1, -0.05) is 24.3 Å². The van der Waals surface area contributed by atoms with Crippen molar-refractivity contribution in [3.8, 4) is 0 Å². The molecular formula is C16H15ClN2O. The van der Waals surface area contributed by atoms with Gasteiger partial charge >= 0.3 is 0 Å². The minimum atomic E-state index is -0.270. The molecule has 3 nitrogen and oxygen atoms in total. The molecule has 0 aliphatic heterocycles. The Morgan fingerprint density at radius 2 is 2.15 bits per heavy atom. The van der Waals surface area contributed by atoms with Crippen molar-refractivity contribution >= 4 is 17.5 Å². The van der Waals surface area contributed by atoms with Gasteiger partial charge in [-0.25, -0.2) is 0 Å². The van der Waals surface area contributed by atoms with Crippen LogP contribution >= 0.6 is 11.6 Å². The Kier molecular flexibility index (Phi) is 5.13. The maximum Gasteiger partial charge on any atom is 0.253 e. The summed E-state index contributed by atoms with van der Waals surface area (Å²) in [5.41, 5.74) is 2.32. The van der Waals surface area contributed by atoms with Crippen molar-refractivity contribution in [3.63, 3.8) is 0 Å². The molecule has 102 valence electrons. The molecule has 1 aromatic carbocycles. The van der Waals surface area contributed by atoms with E-state index in [-0.39, 0.29) is 11.9 Å². The van der Waals surface area contributed by atoms with Crippen molar-refractivity contribution in [2.24, 2.45) is 0 Å². The van der Waals surface area contributed by atoms with Gasteiger partial charge in [-0.05, 0) is 30.2 Å². The van der Waals surface area contributed by atoms with Crippen molar-refractivity contribution in [1.29, 1.82) is 0 Å². The Bertz CT molecular complexity index is 572. The molecule has 2 rings (SSSR count). The Hall–Kier alpha value is -1.87. The average molecular weight is 287 g/mol. The number of halogens is 1. The van der Waals surface area contributed by atoms with Crippen LogP contribution in [0.1, 0.15) is 27.5 Å². The third kappa shape index (κ3) is 3.58. The lowest BCUT2D eigenvalue weighted by molar-refractivity contribution is 0.0941. The van der Waals surface area contributed by atoms with Crippen LogP contribution in [0.3, 0.4) is 0 Å². The van der Waals surface area contributed by atoms with Crippen molar-refractivity contribution in [1.82, 2.24) is 10.3 Å². The first-order chi connectivity index (χ1) is 9.72. The number of rotatable bonds is 5. The lowest BCUT2D eigenvalue weighted by Gasteiger charge is -2.19. The number of alkyl halides is 1. The highest BCUT2D eigenvalue weighted by Crippen LogP contribution is 2.20. The molecule has 1 amide bonds. The second kappa shape index (κ2) is 7.06. The largest absolute Gasteiger partial charge is 0.345 e. The van der Waals surface area contributed by atoms with Gasteiger partial charge in [-0.15, -0.1) is 11.6 Å². The zero-order valence-corrected chi connectivity index (χ0v) is 11.7. The van der Waals surface area contributed by atoms with E-state index in [0.717, 1.165) is 11.1 Å². The fourth-order valence-corrected chi connectivity index (χ4v) is 2.09. The summed E-state index contributed by atoms with van der Waals surface area (Å²) in [6.07, 6.45) is 4.99. The van der Waals surface area contributed by atoms with E-state index in [1.807, 2.05) is 30.7 Å². The number of aromatic nitrogens is 1. The van der Waals surface area contributed by atoms with Crippen LogP contribution in [0.5, 0.6) is 0 Å². The van der Waals surface area contributed by atoms with Crippen LogP contribution in [0.15, 0.2) is 48.8 Å². The van der Waals surface area contributed by atoms with Crippen LogP contribution < -0.4 is 5.32 Å². The van der Waals surface area contributed by atoms with Crippen LogP contribution in [0, 0.1) is 13.3 Å².